The van der Waals surface area contributed by atoms with Gasteiger partial charge in [-0.05, 0) is 22.9 Å². The standard InChI is InChI=1S/C11H8O3S/c12-8-15(13,14)11-6-5-9-3-1-2-4-10(9)7-11/h1-8H. The minimum absolute atomic E-state index is 0.0306. The van der Waals surface area contributed by atoms with Crippen molar-refractivity contribution in [3.8, 4) is 0 Å². The SMILES string of the molecule is O=CS(=O)(=O)c1ccc2ccccc2c1. The lowest BCUT2D eigenvalue weighted by atomic mass is 10.1. The Kier molecular flexibility index (Phi) is 2.28. The molecule has 76 valence electrons. The van der Waals surface area contributed by atoms with Gasteiger partial charge in [0.1, 0.15) is 0 Å². The molecule has 0 N–H and O–H groups in total. The molecule has 0 fully saturated rings. The third kappa shape index (κ3) is 1.76. The maximum absolute atomic E-state index is 11.3. The molecular weight excluding hydrogens is 212 g/mol. The molecule has 0 atom stereocenters. The normalized spacial score (nSPS) is 11.5. The van der Waals surface area contributed by atoms with E-state index >= 15 is 0 Å². The van der Waals surface area contributed by atoms with Crippen LogP contribution in [0.1, 0.15) is 0 Å². The Labute approximate surface area is 87.3 Å². The number of fused-ring (bicyclic) bond motifs is 1. The molecule has 2 aromatic rings. The molecule has 0 amide bonds. The van der Waals surface area contributed by atoms with Gasteiger partial charge in [0, 0.05) is 0 Å². The smallest absolute Gasteiger partial charge is 0.238 e. The van der Waals surface area contributed by atoms with Crippen molar-refractivity contribution in [2.24, 2.45) is 0 Å². The summed E-state index contributed by atoms with van der Waals surface area (Å²) in [6.45, 7) is 0. The lowest BCUT2D eigenvalue weighted by Crippen LogP contribution is -2.00. The van der Waals surface area contributed by atoms with Crippen LogP contribution in [-0.2, 0) is 14.6 Å². The summed E-state index contributed by atoms with van der Waals surface area (Å²) in [5.41, 5.74) is -0.0306. The van der Waals surface area contributed by atoms with Crippen LogP contribution in [-0.4, -0.2) is 14.0 Å². The van der Waals surface area contributed by atoms with E-state index in [2.05, 4.69) is 0 Å². The van der Waals surface area contributed by atoms with Crippen LogP contribution in [0.15, 0.2) is 47.4 Å². The van der Waals surface area contributed by atoms with E-state index in [1.54, 1.807) is 12.1 Å². The first-order valence-electron chi connectivity index (χ1n) is 4.32. The van der Waals surface area contributed by atoms with E-state index in [9.17, 15) is 13.2 Å². The summed E-state index contributed by atoms with van der Waals surface area (Å²) in [7, 11) is -3.77. The van der Waals surface area contributed by atoms with E-state index in [1.165, 1.54) is 12.1 Å². The molecule has 0 aliphatic carbocycles. The number of hydrogen-bond acceptors (Lipinski definition) is 3. The molecule has 0 bridgehead atoms. The van der Waals surface area contributed by atoms with E-state index < -0.39 is 9.84 Å². The molecule has 0 saturated carbocycles. The minimum atomic E-state index is -3.77. The maximum atomic E-state index is 11.3. The predicted molar refractivity (Wildman–Crippen MR) is 57.9 cm³/mol. The van der Waals surface area contributed by atoms with E-state index in [0.717, 1.165) is 10.8 Å². The third-order valence-corrected chi connectivity index (χ3v) is 3.34. The van der Waals surface area contributed by atoms with Gasteiger partial charge in [-0.3, -0.25) is 4.79 Å². The highest BCUT2D eigenvalue weighted by molar-refractivity contribution is 8.04. The van der Waals surface area contributed by atoms with Crippen LogP contribution < -0.4 is 0 Å². The van der Waals surface area contributed by atoms with Crippen molar-refractivity contribution in [1.29, 1.82) is 0 Å². The number of rotatable bonds is 2. The highest BCUT2D eigenvalue weighted by Gasteiger charge is 2.12. The average molecular weight is 220 g/mol. The second kappa shape index (κ2) is 3.47. The van der Waals surface area contributed by atoms with Gasteiger partial charge >= 0.3 is 0 Å². The van der Waals surface area contributed by atoms with Gasteiger partial charge in [0.15, 0.2) is 0 Å². The molecule has 3 nitrogen and oxygen atoms in total. The summed E-state index contributed by atoms with van der Waals surface area (Å²) in [6, 6.07) is 12.0. The van der Waals surface area contributed by atoms with Crippen molar-refractivity contribution in [2.75, 3.05) is 0 Å². The van der Waals surface area contributed by atoms with Crippen molar-refractivity contribution < 1.29 is 13.2 Å². The Bertz CT molecular complexity index is 615. The Balaban J connectivity index is 2.72. The Morgan fingerprint density at radius 1 is 0.933 bits per heavy atom. The molecule has 0 spiro atoms. The second-order valence-electron chi connectivity index (χ2n) is 3.15. The first kappa shape index (κ1) is 9.86. The molecule has 2 aromatic carbocycles. The predicted octanol–water partition coefficient (Wildman–Crippen LogP) is 1.80. The van der Waals surface area contributed by atoms with Crippen LogP contribution in [0.5, 0.6) is 0 Å². The van der Waals surface area contributed by atoms with Crippen LogP contribution in [0, 0.1) is 0 Å². The highest BCUT2D eigenvalue weighted by Crippen LogP contribution is 2.18. The molecule has 0 saturated heterocycles. The fourth-order valence-corrected chi connectivity index (χ4v) is 2.06. The van der Waals surface area contributed by atoms with E-state index in [1.807, 2.05) is 18.2 Å². The Morgan fingerprint density at radius 3 is 2.27 bits per heavy atom. The monoisotopic (exact) mass is 220 g/mol. The lowest BCUT2D eigenvalue weighted by molar-refractivity contribution is 0.556. The van der Waals surface area contributed by atoms with Crippen molar-refractivity contribution >= 4 is 26.2 Å². The van der Waals surface area contributed by atoms with Gasteiger partial charge in [0.05, 0.1) is 4.90 Å². The fraction of sp³-hybridized carbons (Fsp3) is 0. The van der Waals surface area contributed by atoms with E-state index in [-0.39, 0.29) is 10.5 Å². The number of carbonyl (C=O) groups excluding carboxylic acids is 1. The van der Waals surface area contributed by atoms with Crippen LogP contribution >= 0.6 is 0 Å². The highest BCUT2D eigenvalue weighted by atomic mass is 32.2. The van der Waals surface area contributed by atoms with Gasteiger partial charge in [0.25, 0.3) is 0 Å². The molecule has 0 unspecified atom stereocenters. The molecule has 2 rings (SSSR count). The number of benzene rings is 2. The molecular formula is C11H8O3S. The molecule has 0 aliphatic heterocycles. The van der Waals surface area contributed by atoms with Gasteiger partial charge in [0.2, 0.25) is 15.5 Å². The van der Waals surface area contributed by atoms with Gasteiger partial charge in [-0.1, -0.05) is 30.3 Å². The molecule has 0 aliphatic rings. The average Bonchev–Trinajstić information content (AvgIpc) is 2.28. The summed E-state index contributed by atoms with van der Waals surface area (Å²) >= 11 is 0. The van der Waals surface area contributed by atoms with Gasteiger partial charge in [-0.15, -0.1) is 0 Å². The first-order valence-corrected chi connectivity index (χ1v) is 5.87. The molecule has 0 radical (unpaired) electrons. The van der Waals surface area contributed by atoms with Crippen molar-refractivity contribution in [3.05, 3.63) is 42.5 Å². The van der Waals surface area contributed by atoms with Crippen LogP contribution in [0.25, 0.3) is 10.8 Å². The van der Waals surface area contributed by atoms with E-state index in [0.29, 0.717) is 0 Å². The largest absolute Gasteiger partial charge is 0.285 e. The van der Waals surface area contributed by atoms with Crippen molar-refractivity contribution in [3.63, 3.8) is 0 Å². The van der Waals surface area contributed by atoms with Crippen LogP contribution in [0.3, 0.4) is 0 Å². The number of carbonyl (C=O) groups is 1. The Morgan fingerprint density at radius 2 is 1.60 bits per heavy atom. The topological polar surface area (TPSA) is 51.2 Å². The summed E-state index contributed by atoms with van der Waals surface area (Å²) in [4.78, 5) is 10.4. The Hall–Kier alpha value is -1.68. The maximum Gasteiger partial charge on any atom is 0.238 e. The zero-order valence-corrected chi connectivity index (χ0v) is 8.57. The quantitative estimate of drug-likeness (QED) is 0.725. The molecule has 0 heterocycles. The molecule has 15 heavy (non-hydrogen) atoms. The van der Waals surface area contributed by atoms with Gasteiger partial charge in [-0.2, -0.15) is 0 Å². The summed E-state index contributed by atoms with van der Waals surface area (Å²) in [5, 5.41) is 1.75. The molecule has 4 heteroatoms. The van der Waals surface area contributed by atoms with Crippen molar-refractivity contribution in [2.45, 2.75) is 4.90 Å². The fourth-order valence-electron chi connectivity index (χ4n) is 1.40. The lowest BCUT2D eigenvalue weighted by Gasteiger charge is -2.00. The zero-order chi connectivity index (χ0) is 10.9. The summed E-state index contributed by atoms with van der Waals surface area (Å²) in [5.74, 6) is 0. The van der Waals surface area contributed by atoms with Crippen LogP contribution in [0.4, 0.5) is 0 Å². The summed E-state index contributed by atoms with van der Waals surface area (Å²) in [6.07, 6.45) is 0. The van der Waals surface area contributed by atoms with Gasteiger partial charge < -0.3 is 0 Å². The van der Waals surface area contributed by atoms with E-state index in [4.69, 9.17) is 0 Å². The van der Waals surface area contributed by atoms with Crippen LogP contribution in [0.2, 0.25) is 0 Å². The van der Waals surface area contributed by atoms with Gasteiger partial charge in [-0.25, -0.2) is 8.42 Å². The summed E-state index contributed by atoms with van der Waals surface area (Å²) < 4.78 is 22.6. The first-order chi connectivity index (χ1) is 7.13. The third-order valence-electron chi connectivity index (χ3n) is 2.18. The van der Waals surface area contributed by atoms with Crippen molar-refractivity contribution in [1.82, 2.24) is 0 Å². The number of sulfone groups is 1. The second-order valence-corrected chi connectivity index (χ2v) is 4.90. The molecule has 0 aromatic heterocycles. The zero-order valence-electron chi connectivity index (χ0n) is 7.75. The minimum Gasteiger partial charge on any atom is -0.285 e. The number of hydrogen-bond donors (Lipinski definition) is 0.